The number of carbonyl (C=O) groups excluding carboxylic acids is 3. The summed E-state index contributed by atoms with van der Waals surface area (Å²) < 4.78 is 0. The number of nitrogens with zero attached hydrogens (tertiary/aromatic N) is 2. The summed E-state index contributed by atoms with van der Waals surface area (Å²) in [4.78, 5) is 43.0. The molecule has 1 N–H and O–H groups in total. The average molecular weight is 371 g/mol. The fraction of sp³-hybridized carbons (Fsp3) is 0.368. The normalized spacial score (nSPS) is 16.8. The van der Waals surface area contributed by atoms with Crippen LogP contribution < -0.4 is 10.2 Å². The Morgan fingerprint density at radius 1 is 1.35 bits per heavy atom. The molecule has 1 aromatic heterocycles. The zero-order valence-electron chi connectivity index (χ0n) is 15.0. The van der Waals surface area contributed by atoms with E-state index in [0.29, 0.717) is 22.2 Å². The molecule has 1 saturated heterocycles. The summed E-state index contributed by atoms with van der Waals surface area (Å²) in [5.41, 5.74) is 2.57. The third-order valence-corrected chi connectivity index (χ3v) is 5.68. The van der Waals surface area contributed by atoms with E-state index in [2.05, 4.69) is 10.3 Å². The zero-order chi connectivity index (χ0) is 18.8. The first kappa shape index (κ1) is 18.3. The van der Waals surface area contributed by atoms with Crippen LogP contribution in [0.2, 0.25) is 0 Å². The van der Waals surface area contributed by atoms with E-state index in [1.807, 2.05) is 31.2 Å². The van der Waals surface area contributed by atoms with Gasteiger partial charge in [0.2, 0.25) is 11.8 Å². The lowest BCUT2D eigenvalue weighted by Crippen LogP contribution is -2.28. The van der Waals surface area contributed by atoms with Crippen molar-refractivity contribution in [3.63, 3.8) is 0 Å². The molecule has 0 aliphatic carbocycles. The maximum atomic E-state index is 12.6. The molecule has 26 heavy (non-hydrogen) atoms. The highest BCUT2D eigenvalue weighted by Gasteiger charge is 2.36. The van der Waals surface area contributed by atoms with Crippen LogP contribution in [-0.4, -0.2) is 29.1 Å². The third kappa shape index (κ3) is 3.53. The number of hydrogen-bond donors (Lipinski definition) is 1. The molecule has 0 saturated carbocycles. The molecule has 2 heterocycles. The maximum absolute atomic E-state index is 12.6. The van der Waals surface area contributed by atoms with Gasteiger partial charge in [-0.05, 0) is 25.0 Å². The van der Waals surface area contributed by atoms with Gasteiger partial charge in [0.25, 0.3) is 0 Å². The summed E-state index contributed by atoms with van der Waals surface area (Å²) in [5.74, 6) is -0.791. The van der Waals surface area contributed by atoms with Gasteiger partial charge < -0.3 is 10.2 Å². The molecule has 0 radical (unpaired) electrons. The Balaban J connectivity index is 1.73. The van der Waals surface area contributed by atoms with Gasteiger partial charge in [-0.25, -0.2) is 4.98 Å². The van der Waals surface area contributed by atoms with E-state index in [1.165, 1.54) is 18.3 Å². The van der Waals surface area contributed by atoms with Crippen LogP contribution >= 0.6 is 11.3 Å². The maximum Gasteiger partial charge on any atom is 0.231 e. The average Bonchev–Trinajstić information content (AvgIpc) is 3.17. The molecule has 1 unspecified atom stereocenters. The monoisotopic (exact) mass is 371 g/mol. The van der Waals surface area contributed by atoms with Gasteiger partial charge in [0, 0.05) is 25.6 Å². The topological polar surface area (TPSA) is 79.4 Å². The summed E-state index contributed by atoms with van der Waals surface area (Å²) in [6.07, 6.45) is 0.997. The second-order valence-corrected chi connectivity index (χ2v) is 7.37. The van der Waals surface area contributed by atoms with Crippen LogP contribution in [0.1, 0.15) is 41.2 Å². The first-order chi connectivity index (χ1) is 12.4. The van der Waals surface area contributed by atoms with Crippen molar-refractivity contribution in [2.45, 2.75) is 33.6 Å². The van der Waals surface area contributed by atoms with Crippen molar-refractivity contribution in [2.75, 3.05) is 16.8 Å². The van der Waals surface area contributed by atoms with Gasteiger partial charge in [-0.1, -0.05) is 36.5 Å². The van der Waals surface area contributed by atoms with Gasteiger partial charge in [0.05, 0.1) is 16.5 Å². The SMILES string of the molecule is CCc1ccccc1N1CC(C(=O)Nc2nc(C)c(C(C)=O)s2)CC1=O. The number of benzene rings is 1. The highest BCUT2D eigenvalue weighted by atomic mass is 32.1. The van der Waals surface area contributed by atoms with E-state index in [-0.39, 0.29) is 24.0 Å². The third-order valence-electron chi connectivity index (χ3n) is 4.51. The van der Waals surface area contributed by atoms with Gasteiger partial charge in [-0.2, -0.15) is 0 Å². The van der Waals surface area contributed by atoms with Gasteiger partial charge in [0.1, 0.15) is 0 Å². The molecule has 2 amide bonds. The summed E-state index contributed by atoms with van der Waals surface area (Å²) in [5, 5.41) is 3.16. The quantitative estimate of drug-likeness (QED) is 0.819. The van der Waals surface area contributed by atoms with E-state index < -0.39 is 5.92 Å². The molecule has 6 nitrogen and oxygen atoms in total. The zero-order valence-corrected chi connectivity index (χ0v) is 15.9. The van der Waals surface area contributed by atoms with Crippen molar-refractivity contribution in [3.8, 4) is 0 Å². The number of amides is 2. The number of aryl methyl sites for hydroxylation is 2. The van der Waals surface area contributed by atoms with Crippen LogP contribution in [0, 0.1) is 12.8 Å². The minimum Gasteiger partial charge on any atom is -0.311 e. The van der Waals surface area contributed by atoms with E-state index in [1.54, 1.807) is 11.8 Å². The Morgan fingerprint density at radius 3 is 2.73 bits per heavy atom. The number of Topliss-reactive ketones (excluding diaryl/α,β-unsaturated/α-hetero) is 1. The number of ketones is 1. The van der Waals surface area contributed by atoms with Gasteiger partial charge in [0.15, 0.2) is 10.9 Å². The molecule has 3 rings (SSSR count). The summed E-state index contributed by atoms with van der Waals surface area (Å²) in [6, 6.07) is 7.76. The minimum absolute atomic E-state index is 0.0502. The Hall–Kier alpha value is -2.54. The number of nitrogens with one attached hydrogen (secondary N) is 1. The fourth-order valence-electron chi connectivity index (χ4n) is 3.17. The largest absolute Gasteiger partial charge is 0.311 e. The second kappa shape index (κ2) is 7.37. The van der Waals surface area contributed by atoms with E-state index in [4.69, 9.17) is 0 Å². The summed E-state index contributed by atoms with van der Waals surface area (Å²) in [6.45, 7) is 5.61. The number of para-hydroxylation sites is 1. The van der Waals surface area contributed by atoms with Gasteiger partial charge in [-0.3, -0.25) is 14.4 Å². The Labute approximate surface area is 156 Å². The highest BCUT2D eigenvalue weighted by molar-refractivity contribution is 7.17. The van der Waals surface area contributed by atoms with Gasteiger partial charge in [-0.15, -0.1) is 0 Å². The van der Waals surface area contributed by atoms with Crippen molar-refractivity contribution in [1.29, 1.82) is 0 Å². The molecule has 1 fully saturated rings. The predicted molar refractivity (Wildman–Crippen MR) is 102 cm³/mol. The summed E-state index contributed by atoms with van der Waals surface area (Å²) >= 11 is 1.17. The number of thiazole rings is 1. The van der Waals surface area contributed by atoms with Crippen LogP contribution in [0.25, 0.3) is 0 Å². The number of carbonyl (C=O) groups is 3. The Morgan fingerprint density at radius 2 is 2.08 bits per heavy atom. The van der Waals surface area contributed by atoms with Crippen LogP contribution in [0.3, 0.4) is 0 Å². The molecule has 2 aromatic rings. The Kier molecular flexibility index (Phi) is 5.18. The van der Waals surface area contributed by atoms with Crippen molar-refractivity contribution >= 4 is 39.8 Å². The molecule has 1 aromatic carbocycles. The molecule has 136 valence electrons. The second-order valence-electron chi connectivity index (χ2n) is 6.37. The lowest BCUT2D eigenvalue weighted by Gasteiger charge is -2.19. The lowest BCUT2D eigenvalue weighted by atomic mass is 10.1. The van der Waals surface area contributed by atoms with Crippen LogP contribution in [0.5, 0.6) is 0 Å². The first-order valence-corrected chi connectivity index (χ1v) is 9.39. The van der Waals surface area contributed by atoms with E-state index >= 15 is 0 Å². The number of anilines is 2. The predicted octanol–water partition coefficient (Wildman–Crippen LogP) is 3.21. The lowest BCUT2D eigenvalue weighted by molar-refractivity contribution is -0.122. The smallest absolute Gasteiger partial charge is 0.231 e. The first-order valence-electron chi connectivity index (χ1n) is 8.58. The van der Waals surface area contributed by atoms with Crippen molar-refractivity contribution in [1.82, 2.24) is 4.98 Å². The molecular formula is C19H21N3O3S. The molecule has 1 aliphatic heterocycles. The fourth-order valence-corrected chi connectivity index (χ4v) is 4.04. The number of aromatic nitrogens is 1. The highest BCUT2D eigenvalue weighted by Crippen LogP contribution is 2.30. The summed E-state index contributed by atoms with van der Waals surface area (Å²) in [7, 11) is 0. The van der Waals surface area contributed by atoms with Crippen LogP contribution in [-0.2, 0) is 16.0 Å². The van der Waals surface area contributed by atoms with Crippen molar-refractivity contribution in [3.05, 3.63) is 40.4 Å². The molecular weight excluding hydrogens is 350 g/mol. The standard InChI is InChI=1S/C19H21N3O3S/c1-4-13-7-5-6-8-15(13)22-10-14(9-16(22)24)18(25)21-19-20-11(2)17(26-19)12(3)23/h5-8,14H,4,9-10H2,1-3H3,(H,20,21,25). The molecule has 7 heteroatoms. The van der Waals surface area contributed by atoms with Gasteiger partial charge >= 0.3 is 0 Å². The van der Waals surface area contributed by atoms with Crippen molar-refractivity contribution in [2.24, 2.45) is 5.92 Å². The molecule has 1 aliphatic rings. The van der Waals surface area contributed by atoms with Crippen molar-refractivity contribution < 1.29 is 14.4 Å². The van der Waals surface area contributed by atoms with E-state index in [9.17, 15) is 14.4 Å². The number of hydrogen-bond acceptors (Lipinski definition) is 5. The molecule has 0 spiro atoms. The van der Waals surface area contributed by atoms with E-state index in [0.717, 1.165) is 17.7 Å². The molecule has 0 bridgehead atoms. The Bertz CT molecular complexity index is 875. The minimum atomic E-state index is -0.433. The number of rotatable bonds is 5. The molecule has 1 atom stereocenters. The van der Waals surface area contributed by atoms with Crippen LogP contribution in [0.4, 0.5) is 10.8 Å². The van der Waals surface area contributed by atoms with Crippen LogP contribution in [0.15, 0.2) is 24.3 Å².